The van der Waals surface area contributed by atoms with E-state index in [1.165, 1.54) is 0 Å². The van der Waals surface area contributed by atoms with E-state index >= 15 is 0 Å². The SMILES string of the molecule is O=c1[nH]ncn1CC(F)(F)CO. The third kappa shape index (κ3) is 1.88. The molecule has 0 aliphatic rings. The molecular weight excluding hydrogens is 172 g/mol. The predicted molar refractivity (Wildman–Crippen MR) is 34.9 cm³/mol. The van der Waals surface area contributed by atoms with Gasteiger partial charge in [-0.15, -0.1) is 0 Å². The van der Waals surface area contributed by atoms with E-state index in [9.17, 15) is 13.6 Å². The molecule has 1 aromatic heterocycles. The van der Waals surface area contributed by atoms with Crippen molar-refractivity contribution in [3.05, 3.63) is 16.8 Å². The van der Waals surface area contributed by atoms with Gasteiger partial charge in [0.2, 0.25) is 0 Å². The molecule has 0 saturated carbocycles. The molecular formula is C5H7F2N3O2. The Morgan fingerprint density at radius 3 is 2.83 bits per heavy atom. The van der Waals surface area contributed by atoms with Crippen molar-refractivity contribution in [3.63, 3.8) is 0 Å². The van der Waals surface area contributed by atoms with Gasteiger partial charge in [-0.25, -0.2) is 18.7 Å². The van der Waals surface area contributed by atoms with E-state index in [0.29, 0.717) is 4.57 Å². The van der Waals surface area contributed by atoms with E-state index in [1.54, 1.807) is 0 Å². The molecule has 0 spiro atoms. The smallest absolute Gasteiger partial charge is 0.343 e. The maximum Gasteiger partial charge on any atom is 0.343 e. The molecule has 0 bridgehead atoms. The van der Waals surface area contributed by atoms with Crippen LogP contribution in [0.5, 0.6) is 0 Å². The number of hydrogen-bond donors (Lipinski definition) is 2. The Labute approximate surface area is 65.6 Å². The Morgan fingerprint density at radius 2 is 2.42 bits per heavy atom. The van der Waals surface area contributed by atoms with Gasteiger partial charge < -0.3 is 5.11 Å². The van der Waals surface area contributed by atoms with Crippen molar-refractivity contribution in [1.82, 2.24) is 14.8 Å². The number of nitrogens with one attached hydrogen (secondary N) is 1. The average molecular weight is 179 g/mol. The molecule has 2 N–H and O–H groups in total. The fourth-order valence-electron chi connectivity index (χ4n) is 0.682. The van der Waals surface area contributed by atoms with E-state index in [-0.39, 0.29) is 0 Å². The molecule has 68 valence electrons. The lowest BCUT2D eigenvalue weighted by molar-refractivity contribution is -0.0635. The van der Waals surface area contributed by atoms with Gasteiger partial charge in [0.1, 0.15) is 12.9 Å². The molecule has 1 rings (SSSR count). The van der Waals surface area contributed by atoms with Crippen molar-refractivity contribution in [2.24, 2.45) is 0 Å². The van der Waals surface area contributed by atoms with Gasteiger partial charge in [0.05, 0.1) is 6.54 Å². The number of hydrogen-bond acceptors (Lipinski definition) is 3. The van der Waals surface area contributed by atoms with Crippen molar-refractivity contribution in [2.45, 2.75) is 12.5 Å². The number of rotatable bonds is 3. The monoisotopic (exact) mass is 179 g/mol. The molecule has 5 nitrogen and oxygen atoms in total. The number of nitrogens with zero attached hydrogens (tertiary/aromatic N) is 2. The summed E-state index contributed by atoms with van der Waals surface area (Å²) in [5.41, 5.74) is -0.719. The van der Waals surface area contributed by atoms with Crippen LogP contribution in [0, 0.1) is 0 Å². The van der Waals surface area contributed by atoms with E-state index in [4.69, 9.17) is 5.11 Å². The van der Waals surface area contributed by atoms with Crippen molar-refractivity contribution < 1.29 is 13.9 Å². The Bertz CT molecular complexity index is 306. The molecule has 7 heteroatoms. The zero-order chi connectivity index (χ0) is 9.19. The fraction of sp³-hybridized carbons (Fsp3) is 0.600. The lowest BCUT2D eigenvalue weighted by atomic mass is 10.3. The second-order valence-corrected chi connectivity index (χ2v) is 2.30. The Hall–Kier alpha value is -1.24. The molecule has 0 aromatic carbocycles. The molecule has 0 radical (unpaired) electrons. The van der Waals surface area contributed by atoms with Crippen LogP contribution < -0.4 is 5.69 Å². The standard InChI is InChI=1S/C5H7F2N3O2/c6-5(7,2-11)1-10-3-8-9-4(10)12/h3,11H,1-2H2,(H,9,12). The number of aromatic amines is 1. The first kappa shape index (κ1) is 8.85. The van der Waals surface area contributed by atoms with Crippen molar-refractivity contribution in [2.75, 3.05) is 6.61 Å². The van der Waals surface area contributed by atoms with Gasteiger partial charge in [-0.1, -0.05) is 0 Å². The molecule has 1 aromatic rings. The highest BCUT2D eigenvalue weighted by Gasteiger charge is 2.28. The summed E-state index contributed by atoms with van der Waals surface area (Å²) in [6, 6.07) is 0. The summed E-state index contributed by atoms with van der Waals surface area (Å²) in [6.07, 6.45) is 0.950. The van der Waals surface area contributed by atoms with Crippen LogP contribution in [-0.4, -0.2) is 32.4 Å². The summed E-state index contributed by atoms with van der Waals surface area (Å²) >= 11 is 0. The molecule has 0 amide bonds. The van der Waals surface area contributed by atoms with E-state index in [2.05, 4.69) is 5.10 Å². The Kier molecular flexibility index (Phi) is 2.22. The van der Waals surface area contributed by atoms with Gasteiger partial charge in [0.25, 0.3) is 5.92 Å². The van der Waals surface area contributed by atoms with Gasteiger partial charge in [0.15, 0.2) is 0 Å². The molecule has 0 fully saturated rings. The quantitative estimate of drug-likeness (QED) is 0.638. The van der Waals surface area contributed by atoms with Crippen molar-refractivity contribution in [1.29, 1.82) is 0 Å². The van der Waals surface area contributed by atoms with Gasteiger partial charge in [-0.05, 0) is 0 Å². The Morgan fingerprint density at radius 1 is 1.75 bits per heavy atom. The summed E-state index contributed by atoms with van der Waals surface area (Å²) in [6.45, 7) is -2.15. The largest absolute Gasteiger partial charge is 0.390 e. The predicted octanol–water partition coefficient (Wildman–Crippen LogP) is -0.801. The van der Waals surface area contributed by atoms with Crippen LogP contribution in [0.4, 0.5) is 8.78 Å². The first-order valence-corrected chi connectivity index (χ1v) is 3.14. The number of H-pyrrole nitrogens is 1. The van der Waals surface area contributed by atoms with E-state index in [1.807, 2.05) is 5.10 Å². The van der Waals surface area contributed by atoms with Crippen LogP contribution in [-0.2, 0) is 6.54 Å². The highest BCUT2D eigenvalue weighted by atomic mass is 19.3. The van der Waals surface area contributed by atoms with Crippen LogP contribution in [0.25, 0.3) is 0 Å². The number of alkyl halides is 2. The fourth-order valence-corrected chi connectivity index (χ4v) is 0.682. The zero-order valence-corrected chi connectivity index (χ0v) is 6.00. The Balaban J connectivity index is 2.77. The number of aromatic nitrogens is 3. The maximum absolute atomic E-state index is 12.4. The molecule has 1 heterocycles. The van der Waals surface area contributed by atoms with E-state index < -0.39 is 24.8 Å². The molecule has 0 unspecified atom stereocenters. The minimum atomic E-state index is -3.28. The molecule has 0 atom stereocenters. The summed E-state index contributed by atoms with van der Waals surface area (Å²) in [7, 11) is 0. The number of aliphatic hydroxyl groups is 1. The minimum absolute atomic E-state index is 0.691. The third-order valence-electron chi connectivity index (χ3n) is 1.25. The highest BCUT2D eigenvalue weighted by Crippen LogP contribution is 2.13. The van der Waals surface area contributed by atoms with Crippen LogP contribution >= 0.6 is 0 Å². The van der Waals surface area contributed by atoms with Gasteiger partial charge in [0, 0.05) is 0 Å². The molecule has 12 heavy (non-hydrogen) atoms. The topological polar surface area (TPSA) is 70.9 Å². The maximum atomic E-state index is 12.4. The summed E-state index contributed by atoms with van der Waals surface area (Å²) < 4.78 is 25.6. The lowest BCUT2D eigenvalue weighted by Crippen LogP contribution is -2.32. The third-order valence-corrected chi connectivity index (χ3v) is 1.25. The lowest BCUT2D eigenvalue weighted by Gasteiger charge is -2.11. The van der Waals surface area contributed by atoms with Crippen molar-refractivity contribution >= 4 is 0 Å². The number of aliphatic hydroxyl groups excluding tert-OH is 1. The normalized spacial score (nSPS) is 11.9. The molecule has 0 saturated heterocycles. The summed E-state index contributed by atoms with van der Waals surface area (Å²) in [5, 5.41) is 13.4. The highest BCUT2D eigenvalue weighted by molar-refractivity contribution is 4.71. The van der Waals surface area contributed by atoms with Crippen LogP contribution in [0.3, 0.4) is 0 Å². The van der Waals surface area contributed by atoms with Crippen LogP contribution in [0.2, 0.25) is 0 Å². The second-order valence-electron chi connectivity index (χ2n) is 2.30. The van der Waals surface area contributed by atoms with Crippen LogP contribution in [0.1, 0.15) is 0 Å². The first-order valence-electron chi connectivity index (χ1n) is 3.14. The molecule has 0 aliphatic carbocycles. The first-order chi connectivity index (χ1) is 5.55. The van der Waals surface area contributed by atoms with Gasteiger partial charge in [-0.2, -0.15) is 5.10 Å². The van der Waals surface area contributed by atoms with Gasteiger partial charge >= 0.3 is 5.69 Å². The molecule has 0 aliphatic heterocycles. The van der Waals surface area contributed by atoms with Crippen molar-refractivity contribution in [3.8, 4) is 0 Å². The summed E-state index contributed by atoms with van der Waals surface area (Å²) in [5.74, 6) is -3.28. The van der Waals surface area contributed by atoms with Gasteiger partial charge in [-0.3, -0.25) is 4.57 Å². The minimum Gasteiger partial charge on any atom is -0.390 e. The zero-order valence-electron chi connectivity index (χ0n) is 6.00. The summed E-state index contributed by atoms with van der Waals surface area (Å²) in [4.78, 5) is 10.6. The number of halogens is 2. The second kappa shape index (κ2) is 3.02. The van der Waals surface area contributed by atoms with E-state index in [0.717, 1.165) is 6.33 Å². The average Bonchev–Trinajstić information content (AvgIpc) is 2.36. The van der Waals surface area contributed by atoms with Crippen LogP contribution in [0.15, 0.2) is 11.1 Å².